The van der Waals surface area contributed by atoms with E-state index in [1.54, 1.807) is 12.1 Å². The molecule has 0 aromatic heterocycles. The molecule has 0 aliphatic heterocycles. The highest BCUT2D eigenvalue weighted by Gasteiger charge is 2.16. The highest BCUT2D eigenvalue weighted by atomic mass is 79.9. The fourth-order valence-electron chi connectivity index (χ4n) is 1.06. The van der Waals surface area contributed by atoms with Crippen molar-refractivity contribution in [2.45, 2.75) is 20.3 Å². The van der Waals surface area contributed by atoms with Crippen molar-refractivity contribution in [1.29, 1.82) is 5.26 Å². The molecule has 0 radical (unpaired) electrons. The topological polar surface area (TPSA) is 33.0 Å². The molecule has 2 nitrogen and oxygen atoms in total. The van der Waals surface area contributed by atoms with E-state index in [4.69, 9.17) is 21.6 Å². The number of ether oxygens (including phenoxy) is 1. The molecule has 0 bridgehead atoms. The standard InChI is InChI=1S/C12H13BrClNO/c1-12(2,8-15)5-6-16-11-4-3-9(14)7-10(11)13/h3-4,7H,5-6H2,1-2H3. The quantitative estimate of drug-likeness (QED) is 0.824. The summed E-state index contributed by atoms with van der Waals surface area (Å²) in [5, 5.41) is 9.51. The molecule has 1 aromatic rings. The molecule has 86 valence electrons. The Kier molecular flexibility index (Phi) is 4.64. The molecule has 0 N–H and O–H groups in total. The smallest absolute Gasteiger partial charge is 0.133 e. The van der Waals surface area contributed by atoms with Crippen LogP contribution in [-0.4, -0.2) is 6.61 Å². The third-order valence-corrected chi connectivity index (χ3v) is 3.04. The van der Waals surface area contributed by atoms with Gasteiger partial charge in [0.2, 0.25) is 0 Å². The van der Waals surface area contributed by atoms with Crippen molar-refractivity contribution in [2.75, 3.05) is 6.61 Å². The molecule has 1 aromatic carbocycles. The molecule has 0 unspecified atom stereocenters. The highest BCUT2D eigenvalue weighted by molar-refractivity contribution is 9.10. The first-order valence-electron chi connectivity index (χ1n) is 4.94. The Morgan fingerprint density at radius 1 is 1.50 bits per heavy atom. The van der Waals surface area contributed by atoms with E-state index < -0.39 is 0 Å². The third-order valence-electron chi connectivity index (χ3n) is 2.18. The maximum atomic E-state index is 8.85. The summed E-state index contributed by atoms with van der Waals surface area (Å²) in [6, 6.07) is 7.61. The van der Waals surface area contributed by atoms with E-state index in [2.05, 4.69) is 22.0 Å². The Hall–Kier alpha value is -0.720. The molecule has 0 aliphatic carbocycles. The minimum Gasteiger partial charge on any atom is -0.492 e. The van der Waals surface area contributed by atoms with Gasteiger partial charge in [0.15, 0.2) is 0 Å². The second kappa shape index (κ2) is 5.56. The first-order chi connectivity index (χ1) is 7.44. The molecule has 0 heterocycles. The van der Waals surface area contributed by atoms with Crippen LogP contribution in [0.25, 0.3) is 0 Å². The lowest BCUT2D eigenvalue weighted by atomic mass is 9.92. The summed E-state index contributed by atoms with van der Waals surface area (Å²) < 4.78 is 6.40. The van der Waals surface area contributed by atoms with E-state index in [1.165, 1.54) is 0 Å². The predicted octanol–water partition coefficient (Wildman–Crippen LogP) is 4.42. The molecule has 0 amide bonds. The molecule has 0 fully saturated rings. The zero-order valence-corrected chi connectivity index (χ0v) is 11.6. The van der Waals surface area contributed by atoms with Crippen molar-refractivity contribution >= 4 is 27.5 Å². The van der Waals surface area contributed by atoms with Gasteiger partial charge in [0.1, 0.15) is 5.75 Å². The number of nitriles is 1. The maximum Gasteiger partial charge on any atom is 0.133 e. The Morgan fingerprint density at radius 3 is 2.75 bits per heavy atom. The van der Waals surface area contributed by atoms with Crippen molar-refractivity contribution in [2.24, 2.45) is 5.41 Å². The lowest BCUT2D eigenvalue weighted by molar-refractivity contribution is 0.263. The molecule has 0 atom stereocenters. The Balaban J connectivity index is 2.53. The van der Waals surface area contributed by atoms with Crippen LogP contribution in [0.1, 0.15) is 20.3 Å². The summed E-state index contributed by atoms with van der Waals surface area (Å²) in [6.45, 7) is 4.31. The Bertz CT molecular complexity index is 412. The molecule has 1 rings (SSSR count). The van der Waals surface area contributed by atoms with Crippen LogP contribution >= 0.6 is 27.5 Å². The van der Waals surface area contributed by atoms with Crippen LogP contribution in [0.3, 0.4) is 0 Å². The second-order valence-corrected chi connectivity index (χ2v) is 5.46. The van der Waals surface area contributed by atoms with Gasteiger partial charge >= 0.3 is 0 Å². The first-order valence-corrected chi connectivity index (χ1v) is 6.11. The molecule has 0 saturated carbocycles. The average Bonchev–Trinajstić information content (AvgIpc) is 2.21. The number of hydrogen-bond acceptors (Lipinski definition) is 2. The number of halogens is 2. The van der Waals surface area contributed by atoms with Crippen LogP contribution in [-0.2, 0) is 0 Å². The fraction of sp³-hybridized carbons (Fsp3) is 0.417. The molecule has 0 saturated heterocycles. The van der Waals surface area contributed by atoms with Crippen molar-refractivity contribution < 1.29 is 4.74 Å². The van der Waals surface area contributed by atoms with Crippen molar-refractivity contribution in [3.63, 3.8) is 0 Å². The molecular formula is C12H13BrClNO. The van der Waals surface area contributed by atoms with Crippen molar-refractivity contribution in [3.8, 4) is 11.8 Å². The van der Waals surface area contributed by atoms with E-state index in [1.807, 2.05) is 19.9 Å². The summed E-state index contributed by atoms with van der Waals surface area (Å²) in [4.78, 5) is 0. The third kappa shape index (κ3) is 4.03. The Labute approximate surface area is 109 Å². The van der Waals surface area contributed by atoms with Gasteiger partial charge in [0.05, 0.1) is 22.6 Å². The van der Waals surface area contributed by atoms with Crippen molar-refractivity contribution in [3.05, 3.63) is 27.7 Å². The number of hydrogen-bond donors (Lipinski definition) is 0. The molecule has 0 aliphatic rings. The predicted molar refractivity (Wildman–Crippen MR) is 68.7 cm³/mol. The van der Waals surface area contributed by atoms with Gasteiger partial charge in [-0.3, -0.25) is 0 Å². The van der Waals surface area contributed by atoms with Gasteiger partial charge in [-0.1, -0.05) is 11.6 Å². The number of nitrogens with zero attached hydrogens (tertiary/aromatic N) is 1. The molecule has 0 spiro atoms. The largest absolute Gasteiger partial charge is 0.492 e. The SMILES string of the molecule is CC(C)(C#N)CCOc1ccc(Cl)cc1Br. The van der Waals surface area contributed by atoms with Crippen LogP contribution in [0.5, 0.6) is 5.75 Å². The van der Waals surface area contributed by atoms with Crippen LogP contribution in [0.15, 0.2) is 22.7 Å². The molecular weight excluding hydrogens is 289 g/mol. The Morgan fingerprint density at radius 2 is 2.19 bits per heavy atom. The monoisotopic (exact) mass is 301 g/mol. The minimum absolute atomic E-state index is 0.348. The summed E-state index contributed by atoms with van der Waals surface area (Å²) >= 11 is 9.19. The average molecular weight is 303 g/mol. The van der Waals surface area contributed by atoms with Gasteiger partial charge in [-0.15, -0.1) is 0 Å². The lowest BCUT2D eigenvalue weighted by Gasteiger charge is -2.15. The normalized spacial score (nSPS) is 10.9. The van der Waals surface area contributed by atoms with Gasteiger partial charge in [0.25, 0.3) is 0 Å². The maximum absolute atomic E-state index is 8.85. The summed E-state index contributed by atoms with van der Waals surface area (Å²) in [5.74, 6) is 0.748. The van der Waals surface area contributed by atoms with Crippen molar-refractivity contribution in [1.82, 2.24) is 0 Å². The lowest BCUT2D eigenvalue weighted by Crippen LogP contribution is -2.13. The molecule has 16 heavy (non-hydrogen) atoms. The second-order valence-electron chi connectivity index (χ2n) is 4.17. The summed E-state index contributed by atoms with van der Waals surface area (Å²) in [6.07, 6.45) is 0.693. The van der Waals surface area contributed by atoms with Gasteiger partial charge in [-0.25, -0.2) is 0 Å². The number of benzene rings is 1. The van der Waals surface area contributed by atoms with Gasteiger partial charge in [-0.2, -0.15) is 5.26 Å². The van der Waals surface area contributed by atoms with E-state index in [9.17, 15) is 0 Å². The van der Waals surface area contributed by atoms with Crippen LogP contribution < -0.4 is 4.74 Å². The van der Waals surface area contributed by atoms with E-state index in [0.717, 1.165) is 10.2 Å². The highest BCUT2D eigenvalue weighted by Crippen LogP contribution is 2.28. The van der Waals surface area contributed by atoms with Gasteiger partial charge in [-0.05, 0) is 54.4 Å². The van der Waals surface area contributed by atoms with E-state index in [-0.39, 0.29) is 5.41 Å². The van der Waals surface area contributed by atoms with E-state index >= 15 is 0 Å². The van der Waals surface area contributed by atoms with Crippen LogP contribution in [0.2, 0.25) is 5.02 Å². The fourth-order valence-corrected chi connectivity index (χ4v) is 1.86. The van der Waals surface area contributed by atoms with Gasteiger partial charge < -0.3 is 4.74 Å². The zero-order valence-electron chi connectivity index (χ0n) is 9.26. The summed E-state index contributed by atoms with van der Waals surface area (Å²) in [5.41, 5.74) is -0.348. The van der Waals surface area contributed by atoms with E-state index in [0.29, 0.717) is 18.1 Å². The van der Waals surface area contributed by atoms with Crippen LogP contribution in [0, 0.1) is 16.7 Å². The minimum atomic E-state index is -0.348. The van der Waals surface area contributed by atoms with Gasteiger partial charge in [0, 0.05) is 5.02 Å². The first kappa shape index (κ1) is 13.3. The summed E-state index contributed by atoms with van der Waals surface area (Å²) in [7, 11) is 0. The number of rotatable bonds is 4. The molecule has 4 heteroatoms. The van der Waals surface area contributed by atoms with Crippen LogP contribution in [0.4, 0.5) is 0 Å². The zero-order chi connectivity index (χ0) is 12.2.